The van der Waals surface area contributed by atoms with Crippen molar-refractivity contribution in [3.05, 3.63) is 30.2 Å². The maximum atomic E-state index is 11.1. The third-order valence-electron chi connectivity index (χ3n) is 3.70. The molecule has 1 fully saturated rings. The molecule has 1 N–H and O–H groups in total. The summed E-state index contributed by atoms with van der Waals surface area (Å²) in [6.07, 6.45) is 0. The normalized spacial score (nSPS) is 24.1. The van der Waals surface area contributed by atoms with Crippen LogP contribution in [0, 0.1) is 11.8 Å². The number of fused-ring (bicyclic) bond motifs is 1. The summed E-state index contributed by atoms with van der Waals surface area (Å²) in [5, 5.41) is 9.12. The Balaban J connectivity index is 1.74. The number of nitrogens with zero attached hydrogens (tertiary/aromatic N) is 2. The molecule has 0 unspecified atom stereocenters. The molecule has 0 aliphatic carbocycles. The topological polar surface area (TPSA) is 66.6 Å². The Morgan fingerprint density at radius 2 is 2.26 bits per heavy atom. The summed E-state index contributed by atoms with van der Waals surface area (Å²) < 4.78 is 5.66. The molecule has 0 amide bonds. The smallest absolute Gasteiger partial charge is 0.308 e. The Labute approximate surface area is 110 Å². The fraction of sp³-hybridized carbons (Fsp3) is 0.429. The lowest BCUT2D eigenvalue weighted by Crippen LogP contribution is -2.23. The number of aliphatic carboxylic acids is 1. The van der Waals surface area contributed by atoms with Crippen LogP contribution in [0.3, 0.4) is 0 Å². The zero-order valence-electron chi connectivity index (χ0n) is 10.7. The quantitative estimate of drug-likeness (QED) is 0.914. The number of carboxylic acid groups (broad SMARTS) is 1. The second-order valence-corrected chi connectivity index (χ2v) is 5.19. The summed E-state index contributed by atoms with van der Waals surface area (Å²) in [5.74, 6) is -0.182. The molecule has 0 radical (unpaired) electrons. The third-order valence-corrected chi connectivity index (χ3v) is 3.70. The van der Waals surface area contributed by atoms with E-state index in [1.807, 2.05) is 31.2 Å². The fourth-order valence-electron chi connectivity index (χ4n) is 2.70. The van der Waals surface area contributed by atoms with Gasteiger partial charge >= 0.3 is 5.97 Å². The van der Waals surface area contributed by atoms with Crippen molar-refractivity contribution < 1.29 is 14.3 Å². The van der Waals surface area contributed by atoms with Gasteiger partial charge in [-0.25, -0.2) is 4.98 Å². The molecular formula is C14H16N2O3. The van der Waals surface area contributed by atoms with Crippen LogP contribution in [-0.2, 0) is 11.3 Å². The first kappa shape index (κ1) is 12.2. The van der Waals surface area contributed by atoms with Gasteiger partial charge in [-0.15, -0.1) is 0 Å². The summed E-state index contributed by atoms with van der Waals surface area (Å²) in [5.41, 5.74) is 1.62. The lowest BCUT2D eigenvalue weighted by molar-refractivity contribution is -0.142. The number of carbonyl (C=O) groups is 1. The van der Waals surface area contributed by atoms with Crippen molar-refractivity contribution in [2.75, 3.05) is 13.1 Å². The monoisotopic (exact) mass is 260 g/mol. The van der Waals surface area contributed by atoms with E-state index in [1.165, 1.54) is 0 Å². The van der Waals surface area contributed by atoms with Gasteiger partial charge < -0.3 is 9.52 Å². The summed E-state index contributed by atoms with van der Waals surface area (Å²) in [6, 6.07) is 7.64. The van der Waals surface area contributed by atoms with Crippen LogP contribution in [0.1, 0.15) is 12.8 Å². The summed E-state index contributed by atoms with van der Waals surface area (Å²) >= 11 is 0. The average Bonchev–Trinajstić information content (AvgIpc) is 2.92. The number of rotatable bonds is 3. The second kappa shape index (κ2) is 4.66. The van der Waals surface area contributed by atoms with Crippen LogP contribution in [0.2, 0.25) is 0 Å². The highest BCUT2D eigenvalue weighted by Crippen LogP contribution is 2.25. The Bertz CT molecular complexity index is 575. The van der Waals surface area contributed by atoms with E-state index in [2.05, 4.69) is 9.88 Å². The first-order valence-corrected chi connectivity index (χ1v) is 6.43. The minimum Gasteiger partial charge on any atom is -0.481 e. The Hall–Kier alpha value is -1.88. The molecule has 1 aromatic heterocycles. The van der Waals surface area contributed by atoms with Crippen LogP contribution >= 0.6 is 0 Å². The van der Waals surface area contributed by atoms with Gasteiger partial charge in [-0.1, -0.05) is 19.1 Å². The first-order chi connectivity index (χ1) is 9.13. The van der Waals surface area contributed by atoms with Gasteiger partial charge in [0.2, 0.25) is 5.89 Å². The van der Waals surface area contributed by atoms with Crippen LogP contribution in [0.25, 0.3) is 11.1 Å². The highest BCUT2D eigenvalue weighted by Gasteiger charge is 2.35. The SMILES string of the molecule is C[C@@H]1CN(Cc2nc3ccccc3o2)C[C@H]1C(=O)O. The first-order valence-electron chi connectivity index (χ1n) is 6.43. The van der Waals surface area contributed by atoms with Crippen molar-refractivity contribution in [3.8, 4) is 0 Å². The number of likely N-dealkylation sites (tertiary alicyclic amines) is 1. The Morgan fingerprint density at radius 1 is 1.47 bits per heavy atom. The van der Waals surface area contributed by atoms with Crippen molar-refractivity contribution in [1.82, 2.24) is 9.88 Å². The lowest BCUT2D eigenvalue weighted by Gasteiger charge is -2.11. The van der Waals surface area contributed by atoms with Crippen molar-refractivity contribution in [2.45, 2.75) is 13.5 Å². The number of aromatic nitrogens is 1. The van der Waals surface area contributed by atoms with Gasteiger partial charge in [0.1, 0.15) is 5.52 Å². The molecule has 2 heterocycles. The molecule has 5 nitrogen and oxygen atoms in total. The lowest BCUT2D eigenvalue weighted by atomic mass is 9.99. The highest BCUT2D eigenvalue weighted by atomic mass is 16.4. The molecule has 0 saturated carbocycles. The molecule has 1 saturated heterocycles. The van der Waals surface area contributed by atoms with Crippen LogP contribution < -0.4 is 0 Å². The van der Waals surface area contributed by atoms with Crippen LogP contribution in [0.4, 0.5) is 0 Å². The van der Waals surface area contributed by atoms with Crippen molar-refractivity contribution >= 4 is 17.1 Å². The molecule has 2 atom stereocenters. The van der Waals surface area contributed by atoms with E-state index >= 15 is 0 Å². The van der Waals surface area contributed by atoms with Gasteiger partial charge in [-0.2, -0.15) is 0 Å². The number of hydrogen-bond donors (Lipinski definition) is 1. The number of para-hydroxylation sites is 2. The van der Waals surface area contributed by atoms with Gasteiger partial charge in [0.15, 0.2) is 5.58 Å². The molecule has 1 aliphatic rings. The van der Waals surface area contributed by atoms with Gasteiger partial charge in [-0.05, 0) is 18.1 Å². The van der Waals surface area contributed by atoms with E-state index in [0.717, 1.165) is 17.6 Å². The molecular weight excluding hydrogens is 244 g/mol. The van der Waals surface area contributed by atoms with Gasteiger partial charge in [0, 0.05) is 13.1 Å². The van der Waals surface area contributed by atoms with Crippen LogP contribution in [0.5, 0.6) is 0 Å². The minimum absolute atomic E-state index is 0.168. The summed E-state index contributed by atoms with van der Waals surface area (Å²) in [4.78, 5) is 17.6. The predicted molar refractivity (Wildman–Crippen MR) is 69.6 cm³/mol. The molecule has 1 aliphatic heterocycles. The van der Waals surface area contributed by atoms with E-state index in [0.29, 0.717) is 19.0 Å². The maximum Gasteiger partial charge on any atom is 0.308 e. The summed E-state index contributed by atoms with van der Waals surface area (Å²) in [7, 11) is 0. The molecule has 100 valence electrons. The fourth-order valence-corrected chi connectivity index (χ4v) is 2.70. The maximum absolute atomic E-state index is 11.1. The minimum atomic E-state index is -0.715. The number of hydrogen-bond acceptors (Lipinski definition) is 4. The Morgan fingerprint density at radius 3 is 2.95 bits per heavy atom. The standard InChI is InChI=1S/C14H16N2O3/c1-9-6-16(7-10(9)14(17)18)8-13-15-11-4-2-3-5-12(11)19-13/h2-5,9-10H,6-8H2,1H3,(H,17,18)/t9-,10-/m1/s1. The number of carboxylic acids is 1. The number of oxazole rings is 1. The zero-order chi connectivity index (χ0) is 13.4. The van der Waals surface area contributed by atoms with E-state index in [-0.39, 0.29) is 11.8 Å². The zero-order valence-corrected chi connectivity index (χ0v) is 10.7. The van der Waals surface area contributed by atoms with E-state index in [4.69, 9.17) is 9.52 Å². The second-order valence-electron chi connectivity index (χ2n) is 5.19. The van der Waals surface area contributed by atoms with Gasteiger partial charge in [0.25, 0.3) is 0 Å². The molecule has 5 heteroatoms. The van der Waals surface area contributed by atoms with Crippen molar-refractivity contribution in [1.29, 1.82) is 0 Å². The van der Waals surface area contributed by atoms with Crippen LogP contribution in [-0.4, -0.2) is 34.0 Å². The predicted octanol–water partition coefficient (Wildman–Crippen LogP) is 1.98. The van der Waals surface area contributed by atoms with Gasteiger partial charge in [0.05, 0.1) is 12.5 Å². The molecule has 19 heavy (non-hydrogen) atoms. The van der Waals surface area contributed by atoms with Gasteiger partial charge in [-0.3, -0.25) is 9.69 Å². The largest absolute Gasteiger partial charge is 0.481 e. The molecule has 1 aromatic carbocycles. The Kier molecular flexibility index (Phi) is 2.98. The van der Waals surface area contributed by atoms with E-state index in [1.54, 1.807) is 0 Å². The molecule has 2 aromatic rings. The van der Waals surface area contributed by atoms with E-state index < -0.39 is 5.97 Å². The third kappa shape index (κ3) is 2.33. The molecule has 0 spiro atoms. The summed E-state index contributed by atoms with van der Waals surface area (Å²) in [6.45, 7) is 3.89. The molecule has 0 bridgehead atoms. The molecule has 3 rings (SSSR count). The highest BCUT2D eigenvalue weighted by molar-refractivity contribution is 5.72. The van der Waals surface area contributed by atoms with Crippen molar-refractivity contribution in [2.24, 2.45) is 11.8 Å². The van der Waals surface area contributed by atoms with Crippen molar-refractivity contribution in [3.63, 3.8) is 0 Å². The van der Waals surface area contributed by atoms with Crippen LogP contribution in [0.15, 0.2) is 28.7 Å². The average molecular weight is 260 g/mol. The van der Waals surface area contributed by atoms with E-state index in [9.17, 15) is 4.79 Å². The number of benzene rings is 1.